The first-order valence-electron chi connectivity index (χ1n) is 15.9. The van der Waals surface area contributed by atoms with E-state index in [-0.39, 0.29) is 18.1 Å². The molecule has 3 aliphatic rings. The SMILES string of the molecule is CC(C)CCN(CCC(C)C)C(=O)c1ccc2c(c1)N(CCCN1CCCCC1)C1N(C)c3ccc(Br)cc3C(=O)N21. The number of amides is 2. The van der Waals surface area contributed by atoms with Crippen LogP contribution >= 0.6 is 15.9 Å². The molecule has 2 amide bonds. The number of fused-ring (bicyclic) bond motifs is 4. The summed E-state index contributed by atoms with van der Waals surface area (Å²) in [5.74, 6) is 1.16. The van der Waals surface area contributed by atoms with Crippen LogP contribution in [0.15, 0.2) is 40.9 Å². The van der Waals surface area contributed by atoms with E-state index in [1.165, 1.54) is 32.4 Å². The Hall–Kier alpha value is -2.58. The number of nitrogens with zero attached hydrogens (tertiary/aromatic N) is 5. The molecular weight excluding hydrogens is 590 g/mol. The molecule has 8 heteroatoms. The average molecular weight is 639 g/mol. The summed E-state index contributed by atoms with van der Waals surface area (Å²) in [5.41, 5.74) is 4.19. The molecule has 5 rings (SSSR count). The molecule has 0 aromatic heterocycles. The summed E-state index contributed by atoms with van der Waals surface area (Å²) in [4.78, 5) is 39.1. The zero-order valence-corrected chi connectivity index (χ0v) is 27.7. The van der Waals surface area contributed by atoms with Gasteiger partial charge in [-0.3, -0.25) is 14.5 Å². The molecule has 0 saturated carbocycles. The third-order valence-corrected chi connectivity index (χ3v) is 9.49. The van der Waals surface area contributed by atoms with Gasteiger partial charge >= 0.3 is 0 Å². The van der Waals surface area contributed by atoms with Crippen molar-refractivity contribution in [1.82, 2.24) is 9.80 Å². The standard InChI is InChI=1S/C34H48BrN5O2/c1-24(2)14-20-38(21-15-25(3)4)32(41)26-10-12-30-31(22-26)39(19-9-18-37-16-7-6-8-17-37)34-36(5)29-13-11-27(35)23-28(29)33(42)40(30)34/h10-13,22-25,34H,6-9,14-21H2,1-5H3. The number of hydrogen-bond donors (Lipinski definition) is 0. The van der Waals surface area contributed by atoms with Crippen molar-refractivity contribution in [3.8, 4) is 0 Å². The molecule has 7 nitrogen and oxygen atoms in total. The van der Waals surface area contributed by atoms with E-state index in [1.54, 1.807) is 0 Å². The summed E-state index contributed by atoms with van der Waals surface area (Å²) in [6.07, 6.45) is 6.61. The lowest BCUT2D eigenvalue weighted by atomic mass is 10.1. The van der Waals surface area contributed by atoms with Crippen LogP contribution in [0.5, 0.6) is 0 Å². The summed E-state index contributed by atoms with van der Waals surface area (Å²) < 4.78 is 0.892. The first kappa shape index (κ1) is 30.9. The van der Waals surface area contributed by atoms with Crippen molar-refractivity contribution >= 4 is 44.8 Å². The van der Waals surface area contributed by atoms with Crippen LogP contribution in [0.1, 0.15) is 86.9 Å². The van der Waals surface area contributed by atoms with Crippen LogP contribution in [0.3, 0.4) is 0 Å². The predicted octanol–water partition coefficient (Wildman–Crippen LogP) is 7.06. The molecule has 0 bridgehead atoms. The average Bonchev–Trinajstić information content (AvgIpc) is 3.29. The highest BCUT2D eigenvalue weighted by atomic mass is 79.9. The van der Waals surface area contributed by atoms with Gasteiger partial charge in [0.25, 0.3) is 11.8 Å². The molecular formula is C34H48BrN5O2. The van der Waals surface area contributed by atoms with E-state index in [0.29, 0.717) is 23.0 Å². The third kappa shape index (κ3) is 6.49. The lowest BCUT2D eigenvalue weighted by Crippen LogP contribution is -2.59. The van der Waals surface area contributed by atoms with Crippen molar-refractivity contribution in [2.75, 3.05) is 61.0 Å². The van der Waals surface area contributed by atoms with Crippen molar-refractivity contribution < 1.29 is 9.59 Å². The molecule has 0 aliphatic carbocycles. The molecule has 2 aromatic carbocycles. The molecule has 0 radical (unpaired) electrons. The van der Waals surface area contributed by atoms with E-state index < -0.39 is 0 Å². The van der Waals surface area contributed by atoms with Crippen LogP contribution in [-0.2, 0) is 0 Å². The second-order valence-corrected chi connectivity index (χ2v) is 14.0. The smallest absolute Gasteiger partial charge is 0.263 e. The second kappa shape index (κ2) is 13.4. The molecule has 2 aromatic rings. The van der Waals surface area contributed by atoms with E-state index in [1.807, 2.05) is 40.1 Å². The number of hydrogen-bond acceptors (Lipinski definition) is 5. The Kier molecular flexibility index (Phi) is 9.83. The molecule has 3 heterocycles. The lowest BCUT2D eigenvalue weighted by Gasteiger charge is -2.43. The van der Waals surface area contributed by atoms with Gasteiger partial charge in [0.2, 0.25) is 0 Å². The molecule has 0 N–H and O–H groups in total. The number of piperidine rings is 1. The number of halogens is 1. The highest BCUT2D eigenvalue weighted by Crippen LogP contribution is 2.46. The number of likely N-dealkylation sites (tertiary alicyclic amines) is 1. The van der Waals surface area contributed by atoms with Crippen LogP contribution in [0.25, 0.3) is 0 Å². The van der Waals surface area contributed by atoms with Gasteiger partial charge < -0.3 is 19.6 Å². The number of carbonyl (C=O) groups excluding carboxylic acids is 2. The van der Waals surface area contributed by atoms with Crippen LogP contribution < -0.4 is 14.7 Å². The first-order valence-corrected chi connectivity index (χ1v) is 16.7. The predicted molar refractivity (Wildman–Crippen MR) is 177 cm³/mol. The highest BCUT2D eigenvalue weighted by molar-refractivity contribution is 9.10. The summed E-state index contributed by atoms with van der Waals surface area (Å²) >= 11 is 3.56. The van der Waals surface area contributed by atoms with Crippen molar-refractivity contribution in [3.63, 3.8) is 0 Å². The summed E-state index contributed by atoms with van der Waals surface area (Å²) in [7, 11) is 2.08. The summed E-state index contributed by atoms with van der Waals surface area (Å²) in [6.45, 7) is 14.6. The largest absolute Gasteiger partial charge is 0.339 e. The Morgan fingerprint density at radius 2 is 1.57 bits per heavy atom. The summed E-state index contributed by atoms with van der Waals surface area (Å²) in [5, 5.41) is 0. The fraction of sp³-hybridized carbons (Fsp3) is 0.588. The highest BCUT2D eigenvalue weighted by Gasteiger charge is 2.46. The van der Waals surface area contributed by atoms with Crippen molar-refractivity contribution in [2.24, 2.45) is 11.8 Å². The molecule has 42 heavy (non-hydrogen) atoms. The van der Waals surface area contributed by atoms with E-state index in [4.69, 9.17) is 0 Å². The lowest BCUT2D eigenvalue weighted by molar-refractivity contribution is 0.0740. The van der Waals surface area contributed by atoms with Crippen LogP contribution in [0, 0.1) is 11.8 Å². The fourth-order valence-corrected chi connectivity index (χ4v) is 6.89. The minimum Gasteiger partial charge on any atom is -0.339 e. The molecule has 1 fully saturated rings. The normalized spacial score (nSPS) is 18.5. The van der Waals surface area contributed by atoms with E-state index >= 15 is 0 Å². The van der Waals surface area contributed by atoms with Gasteiger partial charge in [-0.05, 0) is 100.0 Å². The van der Waals surface area contributed by atoms with Crippen molar-refractivity contribution in [1.29, 1.82) is 0 Å². The Labute approximate surface area is 260 Å². The molecule has 3 aliphatic heterocycles. The molecule has 0 spiro atoms. The monoisotopic (exact) mass is 637 g/mol. The maximum atomic E-state index is 14.0. The molecule has 1 saturated heterocycles. The molecule has 1 atom stereocenters. The Bertz CT molecular complexity index is 1260. The van der Waals surface area contributed by atoms with Crippen LogP contribution in [0.4, 0.5) is 17.1 Å². The minimum atomic E-state index is -0.258. The van der Waals surface area contributed by atoms with Crippen molar-refractivity contribution in [2.45, 2.75) is 72.5 Å². The Morgan fingerprint density at radius 3 is 2.24 bits per heavy atom. The minimum absolute atomic E-state index is 0.00347. The van der Waals surface area contributed by atoms with E-state index in [2.05, 4.69) is 71.4 Å². The van der Waals surface area contributed by atoms with Gasteiger partial charge in [0.05, 0.1) is 22.6 Å². The maximum Gasteiger partial charge on any atom is 0.263 e. The third-order valence-electron chi connectivity index (χ3n) is 9.00. The number of carbonyl (C=O) groups is 2. The number of anilines is 3. The maximum absolute atomic E-state index is 14.0. The Morgan fingerprint density at radius 1 is 0.905 bits per heavy atom. The quantitative estimate of drug-likeness (QED) is 0.264. The number of rotatable bonds is 11. The molecule has 228 valence electrons. The first-order chi connectivity index (χ1) is 20.2. The van der Waals surface area contributed by atoms with Crippen molar-refractivity contribution in [3.05, 3.63) is 52.0 Å². The van der Waals surface area contributed by atoms with Gasteiger partial charge in [0, 0.05) is 36.7 Å². The second-order valence-electron chi connectivity index (χ2n) is 13.1. The van der Waals surface area contributed by atoms with E-state index in [0.717, 1.165) is 67.0 Å². The van der Waals surface area contributed by atoms with Gasteiger partial charge in [0.1, 0.15) is 0 Å². The van der Waals surface area contributed by atoms with Crippen LogP contribution in [0.2, 0.25) is 0 Å². The van der Waals surface area contributed by atoms with Gasteiger partial charge in [-0.1, -0.05) is 50.0 Å². The Balaban J connectivity index is 1.47. The topological polar surface area (TPSA) is 50.3 Å². The van der Waals surface area contributed by atoms with E-state index in [9.17, 15) is 9.59 Å². The number of benzene rings is 2. The summed E-state index contributed by atoms with van der Waals surface area (Å²) in [6, 6.07) is 11.9. The van der Waals surface area contributed by atoms with Gasteiger partial charge in [-0.2, -0.15) is 0 Å². The van der Waals surface area contributed by atoms with Gasteiger partial charge in [-0.15, -0.1) is 0 Å². The zero-order valence-electron chi connectivity index (χ0n) is 26.1. The fourth-order valence-electron chi connectivity index (χ4n) is 6.53. The van der Waals surface area contributed by atoms with Gasteiger partial charge in [0.15, 0.2) is 6.29 Å². The molecule has 1 unspecified atom stereocenters. The van der Waals surface area contributed by atoms with Crippen LogP contribution in [-0.4, -0.2) is 74.2 Å². The van der Waals surface area contributed by atoms with Gasteiger partial charge in [-0.25, -0.2) is 0 Å². The zero-order chi connectivity index (χ0) is 30.0.